The van der Waals surface area contributed by atoms with Gasteiger partial charge in [0.2, 0.25) is 0 Å². The molecule has 0 saturated heterocycles. The number of aliphatic hydroxyl groups excluding tert-OH is 1. The van der Waals surface area contributed by atoms with Crippen molar-refractivity contribution in [1.82, 2.24) is 0 Å². The molecule has 0 bridgehead atoms. The van der Waals surface area contributed by atoms with Gasteiger partial charge in [0.15, 0.2) is 0 Å². The molecule has 0 spiro atoms. The number of aliphatic hydroxyl groups is 1. The Balaban J connectivity index is 2.28. The number of nitrogens with zero attached hydrogens (tertiary/aromatic N) is 1. The molecule has 1 aliphatic rings. The minimum atomic E-state index is 0.126. The summed E-state index contributed by atoms with van der Waals surface area (Å²) in [5, 5.41) is 9.96. The van der Waals surface area contributed by atoms with E-state index in [9.17, 15) is 5.11 Å². The smallest absolute Gasteiger partial charge is 0.0792 e. The first-order chi connectivity index (χ1) is 8.74. The number of anilines is 2. The van der Waals surface area contributed by atoms with Gasteiger partial charge in [-0.2, -0.15) is 0 Å². The molecule has 3 N–H and O–H groups in total. The number of hydrogen-bond donors (Lipinski definition) is 2. The van der Waals surface area contributed by atoms with E-state index in [4.69, 9.17) is 17.3 Å². The second-order valence-electron chi connectivity index (χ2n) is 4.89. The summed E-state index contributed by atoms with van der Waals surface area (Å²) in [5.74, 6) is 0. The van der Waals surface area contributed by atoms with E-state index in [-0.39, 0.29) is 6.61 Å². The maximum absolute atomic E-state index is 9.28. The van der Waals surface area contributed by atoms with Gasteiger partial charge in [0.1, 0.15) is 0 Å². The van der Waals surface area contributed by atoms with E-state index in [0.717, 1.165) is 18.5 Å². The van der Waals surface area contributed by atoms with E-state index in [2.05, 4.69) is 4.90 Å². The third kappa shape index (κ3) is 2.90. The van der Waals surface area contributed by atoms with Crippen molar-refractivity contribution in [3.05, 3.63) is 23.2 Å². The molecule has 0 radical (unpaired) electrons. The average Bonchev–Trinajstić information content (AvgIpc) is 2.38. The molecule has 0 aliphatic heterocycles. The van der Waals surface area contributed by atoms with E-state index in [1.165, 1.54) is 19.3 Å². The summed E-state index contributed by atoms with van der Waals surface area (Å²) in [7, 11) is 0. The molecule has 1 fully saturated rings. The van der Waals surface area contributed by atoms with Crippen LogP contribution in [0.1, 0.15) is 32.1 Å². The van der Waals surface area contributed by atoms with E-state index < -0.39 is 0 Å². The quantitative estimate of drug-likeness (QED) is 0.825. The van der Waals surface area contributed by atoms with Crippen molar-refractivity contribution in [2.24, 2.45) is 0 Å². The Morgan fingerprint density at radius 1 is 1.28 bits per heavy atom. The predicted molar refractivity (Wildman–Crippen MR) is 77.2 cm³/mol. The molecular formula is C14H21ClN2O. The maximum Gasteiger partial charge on any atom is 0.0792 e. The lowest BCUT2D eigenvalue weighted by atomic mass is 9.93. The van der Waals surface area contributed by atoms with Gasteiger partial charge in [0.05, 0.1) is 23.0 Å². The third-order valence-corrected chi connectivity index (χ3v) is 3.97. The highest BCUT2D eigenvalue weighted by molar-refractivity contribution is 6.34. The van der Waals surface area contributed by atoms with E-state index in [1.54, 1.807) is 0 Å². The van der Waals surface area contributed by atoms with Crippen molar-refractivity contribution in [2.45, 2.75) is 38.1 Å². The lowest BCUT2D eigenvalue weighted by Crippen LogP contribution is -2.39. The molecular weight excluding hydrogens is 248 g/mol. The SMILES string of the molecule is Nc1cccc(Cl)c1N(CCO)C1CCCCC1. The van der Waals surface area contributed by atoms with Crippen LogP contribution in [0.2, 0.25) is 5.02 Å². The highest BCUT2D eigenvalue weighted by atomic mass is 35.5. The van der Waals surface area contributed by atoms with Crippen molar-refractivity contribution in [3.8, 4) is 0 Å². The summed E-state index contributed by atoms with van der Waals surface area (Å²) in [6, 6.07) is 6.04. The van der Waals surface area contributed by atoms with Crippen LogP contribution < -0.4 is 10.6 Å². The van der Waals surface area contributed by atoms with Crippen molar-refractivity contribution in [2.75, 3.05) is 23.8 Å². The van der Waals surface area contributed by atoms with Gasteiger partial charge in [-0.3, -0.25) is 0 Å². The van der Waals surface area contributed by atoms with Gasteiger partial charge in [0, 0.05) is 12.6 Å². The van der Waals surface area contributed by atoms with Gasteiger partial charge in [-0.15, -0.1) is 0 Å². The fraction of sp³-hybridized carbons (Fsp3) is 0.571. The van der Waals surface area contributed by atoms with Gasteiger partial charge in [0.25, 0.3) is 0 Å². The minimum absolute atomic E-state index is 0.126. The zero-order chi connectivity index (χ0) is 13.0. The first-order valence-electron chi connectivity index (χ1n) is 6.65. The molecule has 1 aromatic rings. The maximum atomic E-state index is 9.28. The van der Waals surface area contributed by atoms with Crippen LogP contribution in [0.4, 0.5) is 11.4 Å². The van der Waals surface area contributed by atoms with E-state index in [0.29, 0.717) is 23.3 Å². The van der Waals surface area contributed by atoms with Gasteiger partial charge < -0.3 is 15.7 Å². The summed E-state index contributed by atoms with van der Waals surface area (Å²) in [6.45, 7) is 0.722. The van der Waals surface area contributed by atoms with Gasteiger partial charge >= 0.3 is 0 Å². The molecule has 4 heteroatoms. The van der Waals surface area contributed by atoms with Gasteiger partial charge in [-0.1, -0.05) is 36.9 Å². The average molecular weight is 269 g/mol. The summed E-state index contributed by atoms with van der Waals surface area (Å²) >= 11 is 6.28. The van der Waals surface area contributed by atoms with Crippen molar-refractivity contribution >= 4 is 23.0 Å². The number of hydrogen-bond acceptors (Lipinski definition) is 3. The summed E-state index contributed by atoms with van der Waals surface area (Å²) in [5.41, 5.74) is 7.64. The standard InChI is InChI=1S/C14H21ClN2O/c15-12-7-4-8-13(16)14(12)17(9-10-18)11-5-2-1-3-6-11/h4,7-8,11,18H,1-3,5-6,9-10,16H2. The minimum Gasteiger partial charge on any atom is -0.397 e. The normalized spacial score (nSPS) is 16.8. The zero-order valence-electron chi connectivity index (χ0n) is 10.6. The molecule has 0 amide bonds. The van der Waals surface area contributed by atoms with Crippen LogP contribution in [0.15, 0.2) is 18.2 Å². The summed E-state index contributed by atoms with van der Waals surface area (Å²) in [4.78, 5) is 2.19. The molecule has 18 heavy (non-hydrogen) atoms. The lowest BCUT2D eigenvalue weighted by Gasteiger charge is -2.37. The Labute approximate surface area is 114 Å². The highest BCUT2D eigenvalue weighted by Crippen LogP contribution is 2.36. The monoisotopic (exact) mass is 268 g/mol. The predicted octanol–water partition coefficient (Wildman–Crippen LogP) is 3.05. The summed E-state index contributed by atoms with van der Waals surface area (Å²) < 4.78 is 0. The van der Waals surface area contributed by atoms with Crippen LogP contribution in [-0.4, -0.2) is 24.3 Å². The molecule has 100 valence electrons. The van der Waals surface area contributed by atoms with Crippen LogP contribution in [-0.2, 0) is 0 Å². The topological polar surface area (TPSA) is 49.5 Å². The van der Waals surface area contributed by atoms with E-state index >= 15 is 0 Å². The van der Waals surface area contributed by atoms with Crippen LogP contribution in [0.3, 0.4) is 0 Å². The Morgan fingerprint density at radius 2 is 2.00 bits per heavy atom. The number of rotatable bonds is 4. The fourth-order valence-electron chi connectivity index (χ4n) is 2.81. The molecule has 1 aromatic carbocycles. The van der Waals surface area contributed by atoms with Crippen molar-refractivity contribution in [3.63, 3.8) is 0 Å². The first-order valence-corrected chi connectivity index (χ1v) is 7.03. The molecule has 0 heterocycles. The highest BCUT2D eigenvalue weighted by Gasteiger charge is 2.24. The van der Waals surface area contributed by atoms with Gasteiger partial charge in [-0.25, -0.2) is 0 Å². The lowest BCUT2D eigenvalue weighted by molar-refractivity contribution is 0.290. The Morgan fingerprint density at radius 3 is 2.61 bits per heavy atom. The molecule has 0 unspecified atom stereocenters. The molecule has 0 atom stereocenters. The summed E-state index contributed by atoms with van der Waals surface area (Å²) in [6.07, 6.45) is 6.12. The Kier molecular flexibility index (Phi) is 4.72. The second-order valence-corrected chi connectivity index (χ2v) is 5.29. The number of benzene rings is 1. The number of nitrogen functional groups attached to an aromatic ring is 1. The largest absolute Gasteiger partial charge is 0.397 e. The van der Waals surface area contributed by atoms with Crippen LogP contribution >= 0.6 is 11.6 Å². The fourth-order valence-corrected chi connectivity index (χ4v) is 3.10. The second kappa shape index (κ2) is 6.30. The number of halogens is 1. The van der Waals surface area contributed by atoms with Crippen LogP contribution in [0.25, 0.3) is 0 Å². The first kappa shape index (κ1) is 13.5. The number of para-hydroxylation sites is 1. The van der Waals surface area contributed by atoms with Crippen molar-refractivity contribution in [1.29, 1.82) is 0 Å². The van der Waals surface area contributed by atoms with Crippen LogP contribution in [0.5, 0.6) is 0 Å². The third-order valence-electron chi connectivity index (χ3n) is 3.66. The molecule has 0 aromatic heterocycles. The van der Waals surface area contributed by atoms with Crippen LogP contribution in [0, 0.1) is 0 Å². The van der Waals surface area contributed by atoms with Crippen molar-refractivity contribution < 1.29 is 5.11 Å². The molecule has 3 nitrogen and oxygen atoms in total. The molecule has 1 saturated carbocycles. The van der Waals surface area contributed by atoms with Gasteiger partial charge in [-0.05, 0) is 25.0 Å². The molecule has 1 aliphatic carbocycles. The zero-order valence-corrected chi connectivity index (χ0v) is 11.4. The number of nitrogens with two attached hydrogens (primary N) is 1. The Bertz CT molecular complexity index is 371. The van der Waals surface area contributed by atoms with E-state index in [1.807, 2.05) is 18.2 Å². The Hall–Kier alpha value is -0.930. The molecule has 2 rings (SSSR count).